The Morgan fingerprint density at radius 2 is 1.82 bits per heavy atom. The molecule has 0 saturated heterocycles. The van der Waals surface area contributed by atoms with E-state index < -0.39 is 18.0 Å². The van der Waals surface area contributed by atoms with E-state index in [-0.39, 0.29) is 0 Å². The Hall–Kier alpha value is -2.50. The molecular formula is C16H21N3O3. The van der Waals surface area contributed by atoms with E-state index in [0.717, 1.165) is 11.3 Å². The van der Waals surface area contributed by atoms with Crippen molar-refractivity contribution in [2.45, 2.75) is 19.9 Å². The highest BCUT2D eigenvalue weighted by molar-refractivity contribution is 6.05. The van der Waals surface area contributed by atoms with Gasteiger partial charge in [-0.15, -0.1) is 0 Å². The number of anilines is 1. The minimum atomic E-state index is -0.527. The summed E-state index contributed by atoms with van der Waals surface area (Å²) in [7, 11) is 3.92. The van der Waals surface area contributed by atoms with E-state index in [0.29, 0.717) is 17.9 Å². The molecule has 0 aliphatic carbocycles. The maximum atomic E-state index is 11.9. The van der Waals surface area contributed by atoms with Crippen LogP contribution in [0.5, 0.6) is 0 Å². The van der Waals surface area contributed by atoms with Gasteiger partial charge in [-0.3, -0.25) is 10.1 Å². The van der Waals surface area contributed by atoms with Crippen LogP contribution in [0.1, 0.15) is 25.5 Å². The van der Waals surface area contributed by atoms with Crippen LogP contribution in [-0.2, 0) is 9.53 Å². The van der Waals surface area contributed by atoms with Gasteiger partial charge in [0.05, 0.1) is 12.2 Å². The number of benzene rings is 1. The zero-order chi connectivity index (χ0) is 16.3. The standard InChI is InChI=1S/C16H21N3O3/c1-5-22-14-10(2)15(20)18-16(21)17-13(14)11-6-8-12(9-7-11)19(3)4/h6-9,13H,5H2,1-4H3,(H2,17,18,20,21)/t13-/m1/s1. The zero-order valence-electron chi connectivity index (χ0n) is 13.3. The minimum absolute atomic E-state index is 0.405. The monoisotopic (exact) mass is 303 g/mol. The number of hydrogen-bond donors (Lipinski definition) is 2. The number of urea groups is 1. The van der Waals surface area contributed by atoms with E-state index in [4.69, 9.17) is 4.74 Å². The Bertz CT molecular complexity index is 606. The predicted octanol–water partition coefficient (Wildman–Crippen LogP) is 1.94. The first-order valence-corrected chi connectivity index (χ1v) is 7.16. The Morgan fingerprint density at radius 1 is 1.18 bits per heavy atom. The lowest BCUT2D eigenvalue weighted by atomic mass is 10.0. The molecule has 2 rings (SSSR count). The van der Waals surface area contributed by atoms with Gasteiger partial charge in [0.2, 0.25) is 0 Å². The van der Waals surface area contributed by atoms with Gasteiger partial charge in [-0.1, -0.05) is 12.1 Å². The molecular weight excluding hydrogens is 282 g/mol. The molecule has 1 heterocycles. The van der Waals surface area contributed by atoms with Gasteiger partial charge in [0.25, 0.3) is 5.91 Å². The van der Waals surface area contributed by atoms with Crippen molar-refractivity contribution < 1.29 is 14.3 Å². The van der Waals surface area contributed by atoms with Crippen LogP contribution in [0, 0.1) is 0 Å². The van der Waals surface area contributed by atoms with Crippen molar-refractivity contribution in [1.29, 1.82) is 0 Å². The van der Waals surface area contributed by atoms with Crippen LogP contribution >= 0.6 is 0 Å². The molecule has 0 radical (unpaired) electrons. The third-order valence-electron chi connectivity index (χ3n) is 3.52. The molecule has 0 spiro atoms. The summed E-state index contributed by atoms with van der Waals surface area (Å²) in [5.41, 5.74) is 2.32. The van der Waals surface area contributed by atoms with Crippen molar-refractivity contribution in [1.82, 2.24) is 10.6 Å². The molecule has 1 aromatic rings. The first-order valence-electron chi connectivity index (χ1n) is 7.16. The first kappa shape index (κ1) is 15.9. The summed E-state index contributed by atoms with van der Waals surface area (Å²) in [6, 6.07) is 6.74. The number of ether oxygens (including phenoxy) is 1. The van der Waals surface area contributed by atoms with Crippen LogP contribution < -0.4 is 15.5 Å². The molecule has 6 nitrogen and oxygen atoms in total. The second-order valence-corrected chi connectivity index (χ2v) is 5.27. The largest absolute Gasteiger partial charge is 0.495 e. The quantitative estimate of drug-likeness (QED) is 0.892. The highest BCUT2D eigenvalue weighted by Crippen LogP contribution is 2.28. The van der Waals surface area contributed by atoms with Crippen LogP contribution in [0.25, 0.3) is 0 Å². The summed E-state index contributed by atoms with van der Waals surface area (Å²) < 4.78 is 5.63. The van der Waals surface area contributed by atoms with Crippen molar-refractivity contribution in [2.24, 2.45) is 0 Å². The molecule has 6 heteroatoms. The average Bonchev–Trinajstić information content (AvgIpc) is 2.59. The molecule has 0 aromatic heterocycles. The number of carbonyl (C=O) groups excluding carboxylic acids is 2. The Kier molecular flexibility index (Phi) is 4.70. The third kappa shape index (κ3) is 3.21. The predicted molar refractivity (Wildman–Crippen MR) is 84.5 cm³/mol. The number of imide groups is 1. The topological polar surface area (TPSA) is 70.7 Å². The number of hydrogen-bond acceptors (Lipinski definition) is 4. The van der Waals surface area contributed by atoms with Gasteiger partial charge in [0, 0.05) is 19.8 Å². The number of carbonyl (C=O) groups is 2. The fraction of sp³-hybridized carbons (Fsp3) is 0.375. The van der Waals surface area contributed by atoms with E-state index in [2.05, 4.69) is 10.6 Å². The van der Waals surface area contributed by atoms with E-state index in [1.165, 1.54) is 0 Å². The maximum Gasteiger partial charge on any atom is 0.322 e. The molecule has 2 N–H and O–H groups in total. The van der Waals surface area contributed by atoms with E-state index in [1.54, 1.807) is 6.92 Å². The first-order chi connectivity index (χ1) is 10.4. The second kappa shape index (κ2) is 6.51. The second-order valence-electron chi connectivity index (χ2n) is 5.27. The molecule has 1 atom stereocenters. The zero-order valence-corrected chi connectivity index (χ0v) is 13.3. The van der Waals surface area contributed by atoms with E-state index >= 15 is 0 Å². The van der Waals surface area contributed by atoms with Crippen LogP contribution in [0.2, 0.25) is 0 Å². The average molecular weight is 303 g/mol. The van der Waals surface area contributed by atoms with Crippen molar-refractivity contribution in [3.05, 3.63) is 41.2 Å². The highest BCUT2D eigenvalue weighted by atomic mass is 16.5. The van der Waals surface area contributed by atoms with Gasteiger partial charge in [0.1, 0.15) is 11.8 Å². The van der Waals surface area contributed by atoms with Crippen molar-refractivity contribution in [2.75, 3.05) is 25.6 Å². The SMILES string of the molecule is CCOC1=C(C)C(=O)NC(=O)N[C@@H]1c1ccc(N(C)C)cc1. The normalized spacial score (nSPS) is 18.5. The lowest BCUT2D eigenvalue weighted by molar-refractivity contribution is -0.116. The highest BCUT2D eigenvalue weighted by Gasteiger charge is 2.29. The van der Waals surface area contributed by atoms with E-state index in [9.17, 15) is 9.59 Å². The molecule has 118 valence electrons. The number of rotatable bonds is 4. The van der Waals surface area contributed by atoms with Gasteiger partial charge >= 0.3 is 6.03 Å². The van der Waals surface area contributed by atoms with Crippen molar-refractivity contribution >= 4 is 17.6 Å². The molecule has 0 saturated carbocycles. The van der Waals surface area contributed by atoms with Gasteiger partial charge in [-0.2, -0.15) is 0 Å². The summed E-state index contributed by atoms with van der Waals surface area (Å²) in [5.74, 6) is 0.0387. The van der Waals surface area contributed by atoms with Gasteiger partial charge in [-0.25, -0.2) is 4.79 Å². The van der Waals surface area contributed by atoms with Crippen LogP contribution in [0.3, 0.4) is 0 Å². The molecule has 1 aromatic carbocycles. The number of nitrogens with zero attached hydrogens (tertiary/aromatic N) is 1. The van der Waals surface area contributed by atoms with Crippen molar-refractivity contribution in [3.63, 3.8) is 0 Å². The van der Waals surface area contributed by atoms with Gasteiger partial charge in [-0.05, 0) is 31.5 Å². The molecule has 0 bridgehead atoms. The summed E-state index contributed by atoms with van der Waals surface area (Å²) in [6.45, 7) is 3.92. The number of nitrogens with one attached hydrogen (secondary N) is 2. The van der Waals surface area contributed by atoms with Crippen LogP contribution in [0.15, 0.2) is 35.6 Å². The molecule has 22 heavy (non-hydrogen) atoms. The maximum absolute atomic E-state index is 11.9. The van der Waals surface area contributed by atoms with Gasteiger partial charge < -0.3 is 15.0 Å². The molecule has 0 fully saturated rings. The lowest BCUT2D eigenvalue weighted by Gasteiger charge is -2.22. The Morgan fingerprint density at radius 3 is 2.36 bits per heavy atom. The van der Waals surface area contributed by atoms with Crippen molar-refractivity contribution in [3.8, 4) is 0 Å². The molecule has 3 amide bonds. The fourth-order valence-electron chi connectivity index (χ4n) is 2.30. The molecule has 1 aliphatic rings. The molecule has 0 unspecified atom stereocenters. The third-order valence-corrected chi connectivity index (χ3v) is 3.52. The Labute approximate surface area is 130 Å². The molecule has 1 aliphatic heterocycles. The van der Waals surface area contributed by atoms with Crippen LogP contribution in [-0.4, -0.2) is 32.6 Å². The fourth-order valence-corrected chi connectivity index (χ4v) is 2.30. The summed E-state index contributed by atoms with van der Waals surface area (Å²) >= 11 is 0. The Balaban J connectivity index is 2.43. The lowest BCUT2D eigenvalue weighted by Crippen LogP contribution is -2.38. The number of amides is 3. The summed E-state index contributed by atoms with van der Waals surface area (Å²) in [6.07, 6.45) is 0. The minimum Gasteiger partial charge on any atom is -0.495 e. The summed E-state index contributed by atoms with van der Waals surface area (Å²) in [5, 5.41) is 5.05. The van der Waals surface area contributed by atoms with E-state index in [1.807, 2.05) is 50.2 Å². The summed E-state index contributed by atoms with van der Waals surface area (Å²) in [4.78, 5) is 25.7. The van der Waals surface area contributed by atoms with Gasteiger partial charge in [0.15, 0.2) is 0 Å². The smallest absolute Gasteiger partial charge is 0.322 e. The van der Waals surface area contributed by atoms with Crippen LogP contribution in [0.4, 0.5) is 10.5 Å².